The van der Waals surface area contributed by atoms with Gasteiger partial charge in [-0.15, -0.1) is 0 Å². The van der Waals surface area contributed by atoms with E-state index < -0.39 is 5.91 Å². The van der Waals surface area contributed by atoms with Gasteiger partial charge in [0.15, 0.2) is 0 Å². The Balaban J connectivity index is 1.48. The smallest absolute Gasteiger partial charge is 0.244 e. The number of aryl methyl sites for hydroxylation is 1. The lowest BCUT2D eigenvalue weighted by molar-refractivity contribution is -0.143. The van der Waals surface area contributed by atoms with Crippen LogP contribution >= 0.6 is 27.5 Å². The van der Waals surface area contributed by atoms with E-state index in [0.29, 0.717) is 10.7 Å². The molecule has 2 aliphatic carbocycles. The average Bonchev–Trinajstić information content (AvgIpc) is 3.22. The van der Waals surface area contributed by atoms with E-state index in [0.717, 1.165) is 21.4 Å². The highest BCUT2D eigenvalue weighted by Crippen LogP contribution is 2.52. The number of likely N-dealkylation sites (tertiary alicyclic amines) is 1. The normalized spacial score (nSPS) is 29.5. The number of amides is 3. The summed E-state index contributed by atoms with van der Waals surface area (Å²) in [5.41, 5.74) is 1.40. The highest BCUT2D eigenvalue weighted by Gasteiger charge is 2.59. The van der Waals surface area contributed by atoms with Gasteiger partial charge in [0.2, 0.25) is 17.7 Å². The second-order valence-electron chi connectivity index (χ2n) is 6.89. The Morgan fingerprint density at radius 1 is 1.24 bits per heavy atom. The monoisotopic (exact) mass is 422 g/mol. The fourth-order valence-electron chi connectivity index (χ4n) is 4.23. The maximum Gasteiger partial charge on any atom is 0.244 e. The Bertz CT molecular complexity index is 808. The van der Waals surface area contributed by atoms with Gasteiger partial charge in [0.25, 0.3) is 0 Å². The van der Waals surface area contributed by atoms with Crippen LogP contribution in [0.5, 0.6) is 0 Å². The third-order valence-electron chi connectivity index (χ3n) is 5.40. The standard InChI is InChI=1S/C18H16BrClN2O3/c1-8-4-11(19)12(20)6-13(8)21-14(23)7-22-17(24)15-9-2-3-10(5-9)16(15)18(22)25/h2-4,6,9-10,15-16H,5,7H2,1H3,(H,21,23)/t9-,10+,15-,16+. The van der Waals surface area contributed by atoms with Gasteiger partial charge in [-0.3, -0.25) is 19.3 Å². The van der Waals surface area contributed by atoms with Crippen molar-refractivity contribution in [1.82, 2.24) is 4.90 Å². The van der Waals surface area contributed by atoms with Crippen LogP contribution in [0.1, 0.15) is 12.0 Å². The van der Waals surface area contributed by atoms with Crippen molar-refractivity contribution in [3.05, 3.63) is 39.3 Å². The first-order valence-corrected chi connectivity index (χ1v) is 9.33. The molecule has 1 aromatic carbocycles. The number of fused-ring (bicyclic) bond motifs is 5. The molecule has 1 saturated heterocycles. The van der Waals surface area contributed by atoms with Crippen LogP contribution in [0.25, 0.3) is 0 Å². The highest BCUT2D eigenvalue weighted by atomic mass is 79.9. The number of halogens is 2. The zero-order valence-corrected chi connectivity index (χ0v) is 15.8. The SMILES string of the molecule is Cc1cc(Br)c(Cl)cc1NC(=O)CN1C(=O)[C@@H]2[C@H](C1=O)[C@@H]1C=C[C@H]2C1. The van der Waals surface area contributed by atoms with Crippen LogP contribution in [0.2, 0.25) is 5.02 Å². The molecule has 3 aliphatic rings. The Labute approximate surface area is 158 Å². The number of allylic oxidation sites excluding steroid dienone is 2. The zero-order valence-electron chi connectivity index (χ0n) is 13.5. The molecule has 3 amide bonds. The van der Waals surface area contributed by atoms with E-state index in [1.165, 1.54) is 0 Å². The molecule has 5 nitrogen and oxygen atoms in total. The van der Waals surface area contributed by atoms with E-state index in [2.05, 4.69) is 21.2 Å². The Kier molecular flexibility index (Phi) is 4.00. The summed E-state index contributed by atoms with van der Waals surface area (Å²) in [4.78, 5) is 38.7. The summed E-state index contributed by atoms with van der Waals surface area (Å²) in [5, 5.41) is 3.22. The Morgan fingerprint density at radius 3 is 2.44 bits per heavy atom. The third kappa shape index (κ3) is 2.62. The summed E-state index contributed by atoms with van der Waals surface area (Å²) in [6.45, 7) is 1.59. The molecule has 1 aliphatic heterocycles. The molecule has 0 spiro atoms. The van der Waals surface area contributed by atoms with Crippen molar-refractivity contribution < 1.29 is 14.4 Å². The fourth-order valence-corrected chi connectivity index (χ4v) is 4.86. The molecule has 25 heavy (non-hydrogen) atoms. The molecular formula is C18H16BrClN2O3. The lowest BCUT2D eigenvalue weighted by Gasteiger charge is -2.17. The first-order chi connectivity index (χ1) is 11.9. The maximum absolute atomic E-state index is 12.6. The van der Waals surface area contributed by atoms with Gasteiger partial charge in [-0.25, -0.2) is 0 Å². The molecule has 0 radical (unpaired) electrons. The number of carbonyl (C=O) groups excluding carboxylic acids is 3. The van der Waals surface area contributed by atoms with Gasteiger partial charge in [-0.05, 0) is 58.8 Å². The molecule has 1 aromatic rings. The summed E-state index contributed by atoms with van der Waals surface area (Å²) in [6.07, 6.45) is 4.95. The van der Waals surface area contributed by atoms with Crippen molar-refractivity contribution >= 4 is 50.9 Å². The quantitative estimate of drug-likeness (QED) is 0.600. The zero-order chi connectivity index (χ0) is 17.9. The molecule has 130 valence electrons. The van der Waals surface area contributed by atoms with Crippen molar-refractivity contribution in [3.8, 4) is 0 Å². The van der Waals surface area contributed by atoms with Crippen molar-refractivity contribution in [2.45, 2.75) is 13.3 Å². The number of nitrogens with zero attached hydrogens (tertiary/aromatic N) is 1. The minimum Gasteiger partial charge on any atom is -0.324 e. The van der Waals surface area contributed by atoms with E-state index in [-0.39, 0.29) is 42.0 Å². The molecule has 4 rings (SSSR count). The molecule has 1 saturated carbocycles. The number of imide groups is 1. The summed E-state index contributed by atoms with van der Waals surface area (Å²) in [6, 6.07) is 3.45. The fraction of sp³-hybridized carbons (Fsp3) is 0.389. The van der Waals surface area contributed by atoms with Gasteiger partial charge in [0.05, 0.1) is 16.9 Å². The van der Waals surface area contributed by atoms with Crippen LogP contribution in [-0.2, 0) is 14.4 Å². The lowest BCUT2D eigenvalue weighted by Crippen LogP contribution is -2.39. The summed E-state index contributed by atoms with van der Waals surface area (Å²) < 4.78 is 0.741. The van der Waals surface area contributed by atoms with E-state index in [1.54, 1.807) is 12.1 Å². The van der Waals surface area contributed by atoms with Crippen LogP contribution in [0, 0.1) is 30.6 Å². The maximum atomic E-state index is 12.6. The number of nitrogens with one attached hydrogen (secondary N) is 1. The van der Waals surface area contributed by atoms with Crippen LogP contribution in [0.3, 0.4) is 0 Å². The van der Waals surface area contributed by atoms with Gasteiger partial charge < -0.3 is 5.32 Å². The predicted molar refractivity (Wildman–Crippen MR) is 97.0 cm³/mol. The minimum absolute atomic E-state index is 0.145. The van der Waals surface area contributed by atoms with E-state index in [9.17, 15) is 14.4 Å². The van der Waals surface area contributed by atoms with E-state index in [4.69, 9.17) is 11.6 Å². The lowest BCUT2D eigenvalue weighted by atomic mass is 9.85. The van der Waals surface area contributed by atoms with Crippen LogP contribution < -0.4 is 5.32 Å². The first-order valence-electron chi connectivity index (χ1n) is 8.16. The van der Waals surface area contributed by atoms with Crippen molar-refractivity contribution in [2.24, 2.45) is 23.7 Å². The molecule has 2 bridgehead atoms. The molecule has 7 heteroatoms. The molecule has 0 unspecified atom stereocenters. The summed E-state index contributed by atoms with van der Waals surface area (Å²) in [7, 11) is 0. The molecule has 1 heterocycles. The van der Waals surface area contributed by atoms with Crippen molar-refractivity contribution in [1.29, 1.82) is 0 Å². The summed E-state index contributed by atoms with van der Waals surface area (Å²) >= 11 is 9.40. The van der Waals surface area contributed by atoms with Crippen molar-refractivity contribution in [2.75, 3.05) is 11.9 Å². The van der Waals surface area contributed by atoms with Gasteiger partial charge in [-0.1, -0.05) is 23.8 Å². The third-order valence-corrected chi connectivity index (χ3v) is 6.60. The predicted octanol–water partition coefficient (Wildman–Crippen LogP) is 3.16. The number of anilines is 1. The molecule has 0 aromatic heterocycles. The number of hydrogen-bond acceptors (Lipinski definition) is 3. The van der Waals surface area contributed by atoms with Crippen LogP contribution in [0.4, 0.5) is 5.69 Å². The molecule has 1 N–H and O–H groups in total. The number of rotatable bonds is 3. The topological polar surface area (TPSA) is 66.5 Å². The van der Waals surface area contributed by atoms with Gasteiger partial charge in [0, 0.05) is 10.2 Å². The van der Waals surface area contributed by atoms with Gasteiger partial charge in [-0.2, -0.15) is 0 Å². The molecular weight excluding hydrogens is 408 g/mol. The number of hydrogen-bond donors (Lipinski definition) is 1. The second-order valence-corrected chi connectivity index (χ2v) is 8.15. The number of benzene rings is 1. The van der Waals surface area contributed by atoms with Crippen LogP contribution in [0.15, 0.2) is 28.8 Å². The number of carbonyl (C=O) groups is 3. The van der Waals surface area contributed by atoms with E-state index >= 15 is 0 Å². The van der Waals surface area contributed by atoms with E-state index in [1.807, 2.05) is 19.1 Å². The highest BCUT2D eigenvalue weighted by molar-refractivity contribution is 9.10. The van der Waals surface area contributed by atoms with Crippen molar-refractivity contribution in [3.63, 3.8) is 0 Å². The average molecular weight is 424 g/mol. The molecule has 2 fully saturated rings. The Morgan fingerprint density at radius 2 is 1.84 bits per heavy atom. The summed E-state index contributed by atoms with van der Waals surface area (Å²) in [5.74, 6) is -1.10. The minimum atomic E-state index is -0.400. The van der Waals surface area contributed by atoms with Gasteiger partial charge in [0.1, 0.15) is 6.54 Å². The largest absolute Gasteiger partial charge is 0.324 e. The second kappa shape index (κ2) is 5.95. The van der Waals surface area contributed by atoms with Gasteiger partial charge >= 0.3 is 0 Å². The first kappa shape index (κ1) is 16.8. The van der Waals surface area contributed by atoms with Crippen LogP contribution in [-0.4, -0.2) is 29.2 Å². The molecule has 4 atom stereocenters. The Hall–Kier alpha value is -1.66.